The van der Waals surface area contributed by atoms with E-state index in [2.05, 4.69) is 15.1 Å². The first kappa shape index (κ1) is 15.7. The van der Waals surface area contributed by atoms with Crippen LogP contribution in [0.5, 0.6) is 0 Å². The Kier molecular flexibility index (Phi) is 3.91. The van der Waals surface area contributed by atoms with Crippen molar-refractivity contribution in [3.05, 3.63) is 83.2 Å². The molecule has 1 atom stereocenters. The van der Waals surface area contributed by atoms with E-state index in [4.69, 9.17) is 17.3 Å². The third kappa shape index (κ3) is 2.86. The van der Waals surface area contributed by atoms with Crippen LogP contribution in [0.15, 0.2) is 61.1 Å². The second kappa shape index (κ2) is 6.23. The Balaban J connectivity index is 1.81. The standard InChI is InChI=1S/C18H13ClFN5/c19-13-9-12(1-2-14(13)20)16-10-23-17-4-3-15(24-25(16)17)18(21)11-5-7-22-8-6-11/h1-10,18H,21H2. The summed E-state index contributed by atoms with van der Waals surface area (Å²) in [7, 11) is 0. The molecule has 0 saturated heterocycles. The van der Waals surface area contributed by atoms with E-state index in [9.17, 15) is 4.39 Å². The van der Waals surface area contributed by atoms with Crippen LogP contribution in [0.1, 0.15) is 17.3 Å². The molecule has 4 aromatic rings. The van der Waals surface area contributed by atoms with E-state index in [0.29, 0.717) is 17.0 Å². The van der Waals surface area contributed by atoms with Gasteiger partial charge in [-0.25, -0.2) is 13.9 Å². The number of halogens is 2. The summed E-state index contributed by atoms with van der Waals surface area (Å²) in [4.78, 5) is 8.33. The fraction of sp³-hybridized carbons (Fsp3) is 0.0556. The second-order valence-electron chi connectivity index (χ2n) is 5.56. The van der Waals surface area contributed by atoms with Crippen LogP contribution in [0.2, 0.25) is 5.02 Å². The number of nitrogens with zero attached hydrogens (tertiary/aromatic N) is 4. The Bertz CT molecular complexity index is 1050. The van der Waals surface area contributed by atoms with Crippen LogP contribution in [-0.4, -0.2) is 19.6 Å². The van der Waals surface area contributed by atoms with Gasteiger partial charge in [-0.2, -0.15) is 5.10 Å². The molecule has 0 amide bonds. The highest BCUT2D eigenvalue weighted by molar-refractivity contribution is 6.31. The van der Waals surface area contributed by atoms with Crippen LogP contribution in [0, 0.1) is 5.82 Å². The van der Waals surface area contributed by atoms with Crippen molar-refractivity contribution in [1.82, 2.24) is 19.6 Å². The Labute approximate surface area is 147 Å². The van der Waals surface area contributed by atoms with E-state index in [-0.39, 0.29) is 11.1 Å². The number of imidazole rings is 1. The molecule has 0 spiro atoms. The van der Waals surface area contributed by atoms with Crippen molar-refractivity contribution >= 4 is 17.2 Å². The summed E-state index contributed by atoms with van der Waals surface area (Å²) in [5, 5.41) is 4.66. The van der Waals surface area contributed by atoms with E-state index < -0.39 is 5.82 Å². The minimum atomic E-state index is -0.465. The lowest BCUT2D eigenvalue weighted by Gasteiger charge is -2.12. The van der Waals surface area contributed by atoms with E-state index in [1.807, 2.05) is 24.3 Å². The molecule has 0 aliphatic carbocycles. The molecule has 0 aliphatic rings. The third-order valence-corrected chi connectivity index (χ3v) is 4.27. The summed E-state index contributed by atoms with van der Waals surface area (Å²) in [6, 6.07) is 11.5. The SMILES string of the molecule is NC(c1ccncc1)c1ccc2ncc(-c3ccc(F)c(Cl)c3)n2n1. The topological polar surface area (TPSA) is 69.1 Å². The number of fused-ring (bicyclic) bond motifs is 1. The Morgan fingerprint density at radius 1 is 1.08 bits per heavy atom. The van der Waals surface area contributed by atoms with Gasteiger partial charge in [0.05, 0.1) is 28.6 Å². The quantitative estimate of drug-likeness (QED) is 0.610. The number of benzene rings is 1. The van der Waals surface area contributed by atoms with Gasteiger partial charge in [-0.15, -0.1) is 0 Å². The maximum atomic E-state index is 13.4. The maximum Gasteiger partial charge on any atom is 0.154 e. The molecule has 3 heterocycles. The minimum absolute atomic E-state index is 0.0529. The van der Waals surface area contributed by atoms with Crippen LogP contribution in [0.25, 0.3) is 16.9 Å². The van der Waals surface area contributed by atoms with Crippen molar-refractivity contribution in [2.75, 3.05) is 0 Å². The summed E-state index contributed by atoms with van der Waals surface area (Å²) in [5.41, 5.74) is 10.0. The molecule has 25 heavy (non-hydrogen) atoms. The number of hydrogen-bond acceptors (Lipinski definition) is 4. The summed E-state index contributed by atoms with van der Waals surface area (Å²) in [6.07, 6.45) is 5.06. The fourth-order valence-electron chi connectivity index (χ4n) is 2.65. The average molecular weight is 354 g/mol. The number of aromatic nitrogens is 4. The highest BCUT2D eigenvalue weighted by Gasteiger charge is 2.14. The molecule has 0 aliphatic heterocycles. The van der Waals surface area contributed by atoms with Gasteiger partial charge in [0.15, 0.2) is 5.65 Å². The van der Waals surface area contributed by atoms with E-state index >= 15 is 0 Å². The van der Waals surface area contributed by atoms with Gasteiger partial charge in [-0.3, -0.25) is 4.98 Å². The Morgan fingerprint density at radius 3 is 2.64 bits per heavy atom. The molecule has 3 aromatic heterocycles. The summed E-state index contributed by atoms with van der Waals surface area (Å²) >= 11 is 5.89. The van der Waals surface area contributed by atoms with Crippen LogP contribution >= 0.6 is 11.6 Å². The van der Waals surface area contributed by atoms with Gasteiger partial charge in [0.1, 0.15) is 5.82 Å². The molecule has 2 N–H and O–H groups in total. The van der Waals surface area contributed by atoms with E-state index in [0.717, 1.165) is 11.1 Å². The molecular weight excluding hydrogens is 341 g/mol. The van der Waals surface area contributed by atoms with Crippen molar-refractivity contribution in [1.29, 1.82) is 0 Å². The lowest BCUT2D eigenvalue weighted by atomic mass is 10.1. The van der Waals surface area contributed by atoms with Crippen molar-refractivity contribution in [3.8, 4) is 11.3 Å². The second-order valence-corrected chi connectivity index (χ2v) is 5.97. The predicted octanol–water partition coefficient (Wildman–Crippen LogP) is 3.63. The lowest BCUT2D eigenvalue weighted by Crippen LogP contribution is -2.15. The largest absolute Gasteiger partial charge is 0.319 e. The predicted molar refractivity (Wildman–Crippen MR) is 93.7 cm³/mol. The van der Waals surface area contributed by atoms with Gasteiger partial charge in [0.2, 0.25) is 0 Å². The minimum Gasteiger partial charge on any atom is -0.319 e. The molecule has 5 nitrogen and oxygen atoms in total. The fourth-order valence-corrected chi connectivity index (χ4v) is 2.83. The first-order valence-electron chi connectivity index (χ1n) is 7.59. The lowest BCUT2D eigenvalue weighted by molar-refractivity contribution is 0.628. The molecule has 0 saturated carbocycles. The van der Waals surface area contributed by atoms with Gasteiger partial charge in [0, 0.05) is 18.0 Å². The van der Waals surface area contributed by atoms with Crippen LogP contribution in [0.3, 0.4) is 0 Å². The monoisotopic (exact) mass is 353 g/mol. The molecule has 1 aromatic carbocycles. The van der Waals surface area contributed by atoms with Crippen molar-refractivity contribution < 1.29 is 4.39 Å². The molecule has 124 valence electrons. The third-order valence-electron chi connectivity index (χ3n) is 3.98. The molecule has 1 unspecified atom stereocenters. The summed E-state index contributed by atoms with van der Waals surface area (Å²) < 4.78 is 15.1. The molecule has 0 bridgehead atoms. The van der Waals surface area contributed by atoms with Crippen molar-refractivity contribution in [2.24, 2.45) is 5.73 Å². The highest BCUT2D eigenvalue weighted by Crippen LogP contribution is 2.26. The number of pyridine rings is 1. The Hall–Kier alpha value is -2.83. The first-order valence-corrected chi connectivity index (χ1v) is 7.97. The number of rotatable bonds is 3. The van der Waals surface area contributed by atoms with Gasteiger partial charge >= 0.3 is 0 Å². The zero-order valence-corrected chi connectivity index (χ0v) is 13.7. The van der Waals surface area contributed by atoms with Crippen molar-refractivity contribution in [3.63, 3.8) is 0 Å². The Morgan fingerprint density at radius 2 is 1.88 bits per heavy atom. The van der Waals surface area contributed by atoms with E-state index in [1.165, 1.54) is 6.07 Å². The van der Waals surface area contributed by atoms with Crippen LogP contribution in [-0.2, 0) is 0 Å². The van der Waals surface area contributed by atoms with Gasteiger partial charge in [0.25, 0.3) is 0 Å². The zero-order valence-electron chi connectivity index (χ0n) is 13.0. The van der Waals surface area contributed by atoms with Gasteiger partial charge in [-0.1, -0.05) is 11.6 Å². The first-order chi connectivity index (χ1) is 12.1. The highest BCUT2D eigenvalue weighted by atomic mass is 35.5. The smallest absolute Gasteiger partial charge is 0.154 e. The van der Waals surface area contributed by atoms with Gasteiger partial charge in [-0.05, 0) is 48.0 Å². The van der Waals surface area contributed by atoms with Crippen LogP contribution < -0.4 is 5.73 Å². The zero-order chi connectivity index (χ0) is 17.4. The summed E-state index contributed by atoms with van der Waals surface area (Å²) in [6.45, 7) is 0. The average Bonchev–Trinajstić information content (AvgIpc) is 3.07. The maximum absolute atomic E-state index is 13.4. The normalized spacial score (nSPS) is 12.4. The molecule has 7 heteroatoms. The van der Waals surface area contributed by atoms with E-state index in [1.54, 1.807) is 35.2 Å². The van der Waals surface area contributed by atoms with Crippen molar-refractivity contribution in [2.45, 2.75) is 6.04 Å². The van der Waals surface area contributed by atoms with Gasteiger partial charge < -0.3 is 5.73 Å². The molecule has 0 radical (unpaired) electrons. The van der Waals surface area contributed by atoms with Crippen LogP contribution in [0.4, 0.5) is 4.39 Å². The summed E-state index contributed by atoms with van der Waals surface area (Å²) in [5.74, 6) is -0.465. The number of hydrogen-bond donors (Lipinski definition) is 1. The molecule has 4 rings (SSSR count). The molecule has 0 fully saturated rings. The molecular formula is C18H13ClFN5. The number of nitrogens with two attached hydrogens (primary N) is 1.